The van der Waals surface area contributed by atoms with Crippen LogP contribution in [0.3, 0.4) is 0 Å². The maximum atomic E-state index is 12.7. The standard InChI is InChI=1S/C22H19N3O4S/c1-25(20(26)14-30-22-24-17-9-3-5-11-19(17)29-22)18-10-4-2-8-16(18)21(27)23-13-15-7-6-12-28-15/h2-12H,13-14H2,1H3,(H,23,27). The van der Waals surface area contributed by atoms with E-state index in [0.717, 1.165) is 5.52 Å². The molecule has 0 atom stereocenters. The lowest BCUT2D eigenvalue weighted by Crippen LogP contribution is -2.31. The number of carbonyl (C=O) groups is 2. The maximum Gasteiger partial charge on any atom is 0.257 e. The smallest absolute Gasteiger partial charge is 0.257 e. The van der Waals surface area contributed by atoms with Gasteiger partial charge in [-0.25, -0.2) is 4.98 Å². The van der Waals surface area contributed by atoms with Crippen LogP contribution in [0.25, 0.3) is 11.1 Å². The fraction of sp³-hybridized carbons (Fsp3) is 0.136. The molecular weight excluding hydrogens is 402 g/mol. The first-order valence-corrected chi connectivity index (χ1v) is 10.2. The average Bonchev–Trinajstić information content (AvgIpc) is 3.44. The van der Waals surface area contributed by atoms with Crippen molar-refractivity contribution in [3.63, 3.8) is 0 Å². The summed E-state index contributed by atoms with van der Waals surface area (Å²) in [4.78, 5) is 31.2. The van der Waals surface area contributed by atoms with Gasteiger partial charge in [-0.1, -0.05) is 36.0 Å². The van der Waals surface area contributed by atoms with Crippen molar-refractivity contribution in [1.29, 1.82) is 0 Å². The minimum absolute atomic E-state index is 0.131. The Bertz CT molecular complexity index is 1140. The van der Waals surface area contributed by atoms with E-state index in [2.05, 4.69) is 10.3 Å². The van der Waals surface area contributed by atoms with Crippen LogP contribution in [0.4, 0.5) is 5.69 Å². The first-order valence-electron chi connectivity index (χ1n) is 9.26. The maximum absolute atomic E-state index is 12.7. The Morgan fingerprint density at radius 3 is 2.67 bits per heavy atom. The summed E-state index contributed by atoms with van der Waals surface area (Å²) >= 11 is 1.22. The van der Waals surface area contributed by atoms with Gasteiger partial charge in [-0.15, -0.1) is 0 Å². The summed E-state index contributed by atoms with van der Waals surface area (Å²) in [6.45, 7) is 0.269. The highest BCUT2D eigenvalue weighted by molar-refractivity contribution is 7.99. The highest BCUT2D eigenvalue weighted by atomic mass is 32.2. The van der Waals surface area contributed by atoms with Crippen molar-refractivity contribution in [2.24, 2.45) is 0 Å². The molecule has 30 heavy (non-hydrogen) atoms. The molecule has 7 nitrogen and oxygen atoms in total. The molecule has 0 aliphatic heterocycles. The third-order valence-corrected chi connectivity index (χ3v) is 5.29. The molecule has 1 N–H and O–H groups in total. The second kappa shape index (κ2) is 8.87. The molecular formula is C22H19N3O4S. The number of furan rings is 1. The summed E-state index contributed by atoms with van der Waals surface area (Å²) in [6.07, 6.45) is 1.55. The number of carbonyl (C=O) groups excluding carboxylic acids is 2. The Labute approximate surface area is 177 Å². The molecule has 8 heteroatoms. The second-order valence-electron chi connectivity index (χ2n) is 6.47. The number of hydrogen-bond acceptors (Lipinski definition) is 6. The molecule has 2 aromatic carbocycles. The van der Waals surface area contributed by atoms with E-state index in [1.165, 1.54) is 16.7 Å². The highest BCUT2D eigenvalue weighted by Crippen LogP contribution is 2.25. The Balaban J connectivity index is 1.42. The lowest BCUT2D eigenvalue weighted by Gasteiger charge is -2.20. The van der Waals surface area contributed by atoms with Gasteiger partial charge in [0.05, 0.1) is 29.8 Å². The van der Waals surface area contributed by atoms with E-state index in [1.807, 2.05) is 24.3 Å². The van der Waals surface area contributed by atoms with Crippen LogP contribution in [0, 0.1) is 0 Å². The second-order valence-corrected chi connectivity index (χ2v) is 7.39. The van der Waals surface area contributed by atoms with Crippen LogP contribution in [-0.2, 0) is 11.3 Å². The summed E-state index contributed by atoms with van der Waals surface area (Å²) in [7, 11) is 1.65. The molecule has 152 valence electrons. The van der Waals surface area contributed by atoms with E-state index >= 15 is 0 Å². The van der Waals surface area contributed by atoms with Crippen molar-refractivity contribution in [3.05, 3.63) is 78.3 Å². The quantitative estimate of drug-likeness (QED) is 0.452. The number of amides is 2. The van der Waals surface area contributed by atoms with E-state index < -0.39 is 0 Å². The number of aromatic nitrogens is 1. The van der Waals surface area contributed by atoms with Crippen LogP contribution in [0.15, 0.2) is 81.0 Å². The van der Waals surface area contributed by atoms with Gasteiger partial charge in [0.25, 0.3) is 11.1 Å². The number of fused-ring (bicyclic) bond motifs is 1. The summed E-state index contributed by atoms with van der Waals surface area (Å²) < 4.78 is 10.9. The number of hydrogen-bond donors (Lipinski definition) is 1. The third-order valence-electron chi connectivity index (χ3n) is 4.48. The molecule has 2 amide bonds. The van der Waals surface area contributed by atoms with E-state index in [1.54, 1.807) is 49.7 Å². The van der Waals surface area contributed by atoms with Crippen molar-refractivity contribution < 1.29 is 18.4 Å². The number of rotatable bonds is 7. The normalized spacial score (nSPS) is 10.8. The number of para-hydroxylation sites is 3. The minimum Gasteiger partial charge on any atom is -0.467 e. The SMILES string of the molecule is CN(C(=O)CSc1nc2ccccc2o1)c1ccccc1C(=O)NCc1ccco1. The van der Waals surface area contributed by atoms with Crippen molar-refractivity contribution >= 4 is 40.4 Å². The molecule has 4 aromatic rings. The molecule has 0 bridgehead atoms. The number of anilines is 1. The van der Waals surface area contributed by atoms with Crippen molar-refractivity contribution in [2.45, 2.75) is 11.8 Å². The number of benzene rings is 2. The lowest BCUT2D eigenvalue weighted by molar-refractivity contribution is -0.115. The average molecular weight is 421 g/mol. The van der Waals surface area contributed by atoms with Crippen molar-refractivity contribution in [1.82, 2.24) is 10.3 Å². The summed E-state index contributed by atoms with van der Waals surface area (Å²) in [6, 6.07) is 18.0. The zero-order valence-corrected chi connectivity index (χ0v) is 17.0. The topological polar surface area (TPSA) is 88.6 Å². The van der Waals surface area contributed by atoms with Crippen LogP contribution < -0.4 is 10.2 Å². The fourth-order valence-corrected chi connectivity index (χ4v) is 3.65. The predicted molar refractivity (Wildman–Crippen MR) is 114 cm³/mol. The van der Waals surface area contributed by atoms with Gasteiger partial charge >= 0.3 is 0 Å². The molecule has 2 heterocycles. The van der Waals surface area contributed by atoms with E-state index in [-0.39, 0.29) is 24.1 Å². The monoisotopic (exact) mass is 421 g/mol. The minimum atomic E-state index is -0.284. The molecule has 0 spiro atoms. The number of thioether (sulfide) groups is 1. The zero-order valence-electron chi connectivity index (χ0n) is 16.2. The first kappa shape index (κ1) is 19.8. The van der Waals surface area contributed by atoms with Crippen LogP contribution in [0.2, 0.25) is 0 Å². The Morgan fingerprint density at radius 2 is 1.87 bits per heavy atom. The van der Waals surface area contributed by atoms with Crippen LogP contribution in [0.5, 0.6) is 0 Å². The van der Waals surface area contributed by atoms with E-state index in [9.17, 15) is 9.59 Å². The van der Waals surface area contributed by atoms with Gasteiger partial charge in [-0.05, 0) is 36.4 Å². The first-order chi connectivity index (χ1) is 14.6. The van der Waals surface area contributed by atoms with Crippen molar-refractivity contribution in [2.75, 3.05) is 17.7 Å². The van der Waals surface area contributed by atoms with Crippen LogP contribution in [-0.4, -0.2) is 29.6 Å². The van der Waals surface area contributed by atoms with Crippen molar-refractivity contribution in [3.8, 4) is 0 Å². The molecule has 4 rings (SSSR count). The van der Waals surface area contributed by atoms with Gasteiger partial charge in [0, 0.05) is 7.05 Å². The number of nitrogens with zero attached hydrogens (tertiary/aromatic N) is 2. The molecule has 0 aliphatic carbocycles. The predicted octanol–water partition coefficient (Wildman–Crippen LogP) is 4.11. The molecule has 0 saturated heterocycles. The Hall–Kier alpha value is -3.52. The van der Waals surface area contributed by atoms with Gasteiger partial charge in [-0.3, -0.25) is 9.59 Å². The Kier molecular flexibility index (Phi) is 5.85. The highest BCUT2D eigenvalue weighted by Gasteiger charge is 2.19. The summed E-state index contributed by atoms with van der Waals surface area (Å²) in [5, 5.41) is 3.24. The van der Waals surface area contributed by atoms with E-state index in [4.69, 9.17) is 8.83 Å². The molecule has 0 saturated carbocycles. The van der Waals surface area contributed by atoms with Crippen LogP contribution >= 0.6 is 11.8 Å². The number of oxazole rings is 1. The lowest BCUT2D eigenvalue weighted by atomic mass is 10.1. The third kappa shape index (κ3) is 4.38. The molecule has 0 aliphatic rings. The van der Waals surface area contributed by atoms with Gasteiger partial charge < -0.3 is 19.1 Å². The molecule has 0 fully saturated rings. The summed E-state index contributed by atoms with van der Waals surface area (Å²) in [5.41, 5.74) is 2.36. The molecule has 0 radical (unpaired) electrons. The largest absolute Gasteiger partial charge is 0.467 e. The fourth-order valence-electron chi connectivity index (χ4n) is 2.90. The van der Waals surface area contributed by atoms with Crippen LogP contribution in [0.1, 0.15) is 16.1 Å². The number of nitrogens with one attached hydrogen (secondary N) is 1. The van der Waals surface area contributed by atoms with Gasteiger partial charge in [0.15, 0.2) is 5.58 Å². The van der Waals surface area contributed by atoms with Gasteiger partial charge in [0.2, 0.25) is 5.91 Å². The van der Waals surface area contributed by atoms with E-state index in [0.29, 0.717) is 27.8 Å². The Morgan fingerprint density at radius 1 is 1.07 bits per heavy atom. The van der Waals surface area contributed by atoms with Gasteiger partial charge in [0.1, 0.15) is 11.3 Å². The van der Waals surface area contributed by atoms with Gasteiger partial charge in [-0.2, -0.15) is 0 Å². The molecule has 2 aromatic heterocycles. The zero-order chi connectivity index (χ0) is 20.9. The summed E-state index contributed by atoms with van der Waals surface area (Å²) in [5.74, 6) is 0.327. The molecule has 0 unspecified atom stereocenters.